The number of ether oxygens (including phenoxy) is 1. The molecule has 1 unspecified atom stereocenters. The van der Waals surface area contributed by atoms with Crippen molar-refractivity contribution in [2.75, 3.05) is 18.4 Å². The lowest BCUT2D eigenvalue weighted by Crippen LogP contribution is -2.52. The molecular weight excluding hydrogens is 631 g/mol. The third-order valence-electron chi connectivity index (χ3n) is 7.76. The number of nitriles is 1. The van der Waals surface area contributed by atoms with Crippen LogP contribution in [0.1, 0.15) is 33.6 Å². The number of piperidine rings is 1. The zero-order valence-corrected chi connectivity index (χ0v) is 25.4. The fourth-order valence-corrected chi connectivity index (χ4v) is 5.36. The standard InChI is InChI=1S/C34H28F3N5O6/c1-20-16-23(26-4-2-3-5-29(26)39-20)19-47-25-12-10-24(11-13-25)40-30(43)27-14-15-42(32(45)22-8-6-21(17-38)7-9-22)18-28(27)31(44)41-48-33(46)34(35,36)37/h2-13,16,27-28H,14-15,18-19H2,1H3,(H,40,43)(H,41,44)/t27?,28-/m0/s1. The number of pyridine rings is 1. The van der Waals surface area contributed by atoms with Gasteiger partial charge in [-0.15, -0.1) is 0 Å². The van der Waals surface area contributed by atoms with Gasteiger partial charge >= 0.3 is 12.1 Å². The van der Waals surface area contributed by atoms with Crippen LogP contribution in [0.3, 0.4) is 0 Å². The molecule has 1 aliphatic rings. The minimum Gasteiger partial charge on any atom is -0.489 e. The summed E-state index contributed by atoms with van der Waals surface area (Å²) < 4.78 is 44.0. The fraction of sp³-hybridized carbons (Fsp3) is 0.235. The Bertz CT molecular complexity index is 1890. The highest BCUT2D eigenvalue weighted by molar-refractivity contribution is 5.98. The molecule has 1 fully saturated rings. The second kappa shape index (κ2) is 14.2. The zero-order valence-electron chi connectivity index (χ0n) is 25.4. The Hall–Kier alpha value is -5.97. The zero-order chi connectivity index (χ0) is 34.4. The number of hydroxylamine groups is 1. The first-order valence-corrected chi connectivity index (χ1v) is 14.7. The SMILES string of the molecule is Cc1cc(COc2ccc(NC(=O)C3CCN(C(=O)c4ccc(C#N)cc4)C[C@@H]3C(=O)NOC(=O)C(F)(F)F)cc2)c2ccccc2n1. The number of benzene rings is 3. The molecule has 1 saturated heterocycles. The van der Waals surface area contributed by atoms with E-state index in [1.807, 2.05) is 43.3 Å². The summed E-state index contributed by atoms with van der Waals surface area (Å²) in [5.74, 6) is -6.93. The van der Waals surface area contributed by atoms with Crippen LogP contribution in [-0.4, -0.2) is 52.8 Å². The lowest BCUT2D eigenvalue weighted by Gasteiger charge is -2.36. The second-order valence-electron chi connectivity index (χ2n) is 11.0. The minimum atomic E-state index is -5.37. The number of hydrogen-bond donors (Lipinski definition) is 2. The van der Waals surface area contributed by atoms with Gasteiger partial charge in [-0.2, -0.15) is 23.9 Å². The first-order valence-electron chi connectivity index (χ1n) is 14.7. The molecule has 0 radical (unpaired) electrons. The van der Waals surface area contributed by atoms with Gasteiger partial charge in [-0.25, -0.2) is 4.79 Å². The van der Waals surface area contributed by atoms with Crippen molar-refractivity contribution < 1.29 is 41.9 Å². The normalized spacial score (nSPS) is 16.0. The second-order valence-corrected chi connectivity index (χ2v) is 11.0. The summed E-state index contributed by atoms with van der Waals surface area (Å²) in [6, 6.07) is 23.8. The Labute approximate surface area is 272 Å². The quantitative estimate of drug-likeness (QED) is 0.268. The summed E-state index contributed by atoms with van der Waals surface area (Å²) in [4.78, 5) is 60.5. The third-order valence-corrected chi connectivity index (χ3v) is 7.76. The Morgan fingerprint density at radius 2 is 1.69 bits per heavy atom. The molecule has 1 aliphatic heterocycles. The molecule has 0 saturated carbocycles. The van der Waals surface area contributed by atoms with Crippen LogP contribution in [0.25, 0.3) is 10.9 Å². The van der Waals surface area contributed by atoms with Crippen molar-refractivity contribution in [3.63, 3.8) is 0 Å². The van der Waals surface area contributed by atoms with Gasteiger partial charge in [0.15, 0.2) is 0 Å². The van der Waals surface area contributed by atoms with Crippen molar-refractivity contribution in [3.8, 4) is 11.8 Å². The van der Waals surface area contributed by atoms with E-state index < -0.39 is 41.7 Å². The maximum atomic E-state index is 13.4. The van der Waals surface area contributed by atoms with Crippen molar-refractivity contribution >= 4 is 40.3 Å². The van der Waals surface area contributed by atoms with Gasteiger partial charge in [0.05, 0.1) is 29.0 Å². The van der Waals surface area contributed by atoms with Crippen molar-refractivity contribution in [2.45, 2.75) is 26.1 Å². The summed E-state index contributed by atoms with van der Waals surface area (Å²) >= 11 is 0. The number of aromatic nitrogens is 1. The Morgan fingerprint density at radius 1 is 0.979 bits per heavy atom. The number of alkyl halides is 3. The highest BCUT2D eigenvalue weighted by atomic mass is 19.4. The summed E-state index contributed by atoms with van der Waals surface area (Å²) in [7, 11) is 0. The number of anilines is 1. The molecule has 3 aromatic carbocycles. The molecule has 2 heterocycles. The number of nitrogens with zero attached hydrogens (tertiary/aromatic N) is 3. The highest BCUT2D eigenvalue weighted by Gasteiger charge is 2.44. The van der Waals surface area contributed by atoms with Crippen molar-refractivity contribution in [3.05, 3.63) is 101 Å². The van der Waals surface area contributed by atoms with Crippen LogP contribution in [-0.2, 0) is 25.8 Å². The van der Waals surface area contributed by atoms with Crippen LogP contribution in [0.15, 0.2) is 78.9 Å². The molecule has 246 valence electrons. The predicted molar refractivity (Wildman–Crippen MR) is 165 cm³/mol. The van der Waals surface area contributed by atoms with Crippen molar-refractivity contribution in [1.82, 2.24) is 15.4 Å². The Kier molecular flexibility index (Phi) is 9.88. The van der Waals surface area contributed by atoms with Gasteiger partial charge in [0.2, 0.25) is 5.91 Å². The number of carbonyl (C=O) groups is 4. The molecule has 14 heteroatoms. The van der Waals surface area contributed by atoms with Crippen LogP contribution in [0.5, 0.6) is 5.75 Å². The molecule has 0 aliphatic carbocycles. The average molecular weight is 660 g/mol. The van der Waals surface area contributed by atoms with Gasteiger partial charge < -0.3 is 19.8 Å². The Balaban J connectivity index is 1.26. The van der Waals surface area contributed by atoms with Crippen LogP contribution >= 0.6 is 0 Å². The van der Waals surface area contributed by atoms with Crippen LogP contribution < -0.4 is 15.5 Å². The molecule has 48 heavy (non-hydrogen) atoms. The first kappa shape index (κ1) is 33.4. The van der Waals surface area contributed by atoms with Gasteiger partial charge in [0.25, 0.3) is 11.8 Å². The number of aryl methyl sites for hydroxylation is 1. The van der Waals surface area contributed by atoms with E-state index in [0.717, 1.165) is 22.2 Å². The predicted octanol–water partition coefficient (Wildman–Crippen LogP) is 4.85. The summed E-state index contributed by atoms with van der Waals surface area (Å²) in [6.07, 6.45) is -5.39. The van der Waals surface area contributed by atoms with Gasteiger partial charge in [0.1, 0.15) is 12.4 Å². The van der Waals surface area contributed by atoms with Gasteiger partial charge in [-0.1, -0.05) is 18.2 Å². The number of para-hydroxylation sites is 1. The van der Waals surface area contributed by atoms with Gasteiger partial charge in [-0.05, 0) is 74.0 Å². The van der Waals surface area contributed by atoms with Crippen molar-refractivity contribution in [1.29, 1.82) is 5.26 Å². The average Bonchev–Trinajstić information content (AvgIpc) is 3.08. The van der Waals surface area contributed by atoms with E-state index in [4.69, 9.17) is 10.00 Å². The van der Waals surface area contributed by atoms with E-state index >= 15 is 0 Å². The van der Waals surface area contributed by atoms with E-state index in [1.165, 1.54) is 34.6 Å². The molecule has 5 rings (SSSR count). The lowest BCUT2D eigenvalue weighted by molar-refractivity contribution is -0.208. The van der Waals surface area contributed by atoms with E-state index in [1.54, 1.807) is 24.3 Å². The number of nitrogens with one attached hydrogen (secondary N) is 2. The van der Waals surface area contributed by atoms with E-state index in [-0.39, 0.29) is 31.7 Å². The first-order chi connectivity index (χ1) is 22.9. The number of rotatable bonds is 7. The van der Waals surface area contributed by atoms with Crippen LogP contribution in [0, 0.1) is 30.1 Å². The maximum Gasteiger partial charge on any atom is 0.493 e. The van der Waals surface area contributed by atoms with Gasteiger partial charge in [0, 0.05) is 41.0 Å². The minimum absolute atomic E-state index is 0.0281. The number of halogens is 3. The fourth-order valence-electron chi connectivity index (χ4n) is 5.36. The summed E-state index contributed by atoms with van der Waals surface area (Å²) in [5, 5.41) is 12.7. The molecular formula is C34H28F3N5O6. The smallest absolute Gasteiger partial charge is 0.489 e. The molecule has 3 amide bonds. The van der Waals surface area contributed by atoms with Crippen LogP contribution in [0.4, 0.5) is 18.9 Å². The molecule has 0 bridgehead atoms. The molecule has 2 N–H and O–H groups in total. The molecule has 2 atom stereocenters. The highest BCUT2D eigenvalue weighted by Crippen LogP contribution is 2.28. The molecule has 0 spiro atoms. The Morgan fingerprint density at radius 3 is 2.38 bits per heavy atom. The molecule has 4 aromatic rings. The summed E-state index contributed by atoms with van der Waals surface area (Å²) in [6.45, 7) is 1.85. The van der Waals surface area contributed by atoms with Gasteiger partial charge in [-0.3, -0.25) is 19.4 Å². The van der Waals surface area contributed by atoms with E-state index in [2.05, 4.69) is 15.1 Å². The van der Waals surface area contributed by atoms with Crippen molar-refractivity contribution in [2.24, 2.45) is 11.8 Å². The number of fused-ring (bicyclic) bond motifs is 1. The monoisotopic (exact) mass is 659 g/mol. The lowest BCUT2D eigenvalue weighted by atomic mass is 9.83. The van der Waals surface area contributed by atoms with E-state index in [9.17, 15) is 32.3 Å². The van der Waals surface area contributed by atoms with Crippen LogP contribution in [0.2, 0.25) is 0 Å². The van der Waals surface area contributed by atoms with E-state index in [0.29, 0.717) is 17.0 Å². The number of likely N-dealkylation sites (tertiary alicyclic amines) is 1. The third kappa shape index (κ3) is 7.87. The maximum absolute atomic E-state index is 13.4. The topological polar surface area (TPSA) is 151 Å². The number of amides is 3. The number of carbonyl (C=O) groups excluding carboxylic acids is 4. The molecule has 11 nitrogen and oxygen atoms in total. The summed E-state index contributed by atoms with van der Waals surface area (Å²) in [5.41, 5.74) is 5.02. The largest absolute Gasteiger partial charge is 0.493 e. The molecule has 1 aromatic heterocycles. The number of hydrogen-bond acceptors (Lipinski definition) is 8.